The molecule has 0 saturated carbocycles. The van der Waals surface area contributed by atoms with Gasteiger partial charge in [-0.05, 0) is 18.6 Å². The number of amides is 1. The van der Waals surface area contributed by atoms with E-state index in [2.05, 4.69) is 4.98 Å². The van der Waals surface area contributed by atoms with Gasteiger partial charge in [-0.2, -0.15) is 0 Å². The second-order valence-electron chi connectivity index (χ2n) is 4.26. The van der Waals surface area contributed by atoms with Crippen molar-refractivity contribution in [1.82, 2.24) is 9.88 Å². The van der Waals surface area contributed by atoms with Crippen LogP contribution < -0.4 is 5.73 Å². The van der Waals surface area contributed by atoms with Crippen molar-refractivity contribution in [3.05, 3.63) is 29.6 Å². The van der Waals surface area contributed by atoms with Crippen LogP contribution in [0.1, 0.15) is 15.9 Å². The van der Waals surface area contributed by atoms with Gasteiger partial charge in [-0.3, -0.25) is 9.78 Å². The number of hydrogen-bond acceptors (Lipinski definition) is 4. The lowest BCUT2D eigenvalue weighted by molar-refractivity contribution is 0.00876. The molecule has 1 aliphatic rings. The Morgan fingerprint density at radius 3 is 3.06 bits per heavy atom. The lowest BCUT2D eigenvalue weighted by Crippen LogP contribution is -2.49. The van der Waals surface area contributed by atoms with Crippen LogP contribution in [0.4, 0.5) is 0 Å². The molecule has 5 nitrogen and oxygen atoms in total. The zero-order valence-electron chi connectivity index (χ0n) is 10.1. The number of nitrogens with two attached hydrogens (primary N) is 1. The Kier molecular flexibility index (Phi) is 3.88. The fourth-order valence-corrected chi connectivity index (χ4v) is 2.00. The third-order valence-electron chi connectivity index (χ3n) is 2.79. The lowest BCUT2D eigenvalue weighted by Gasteiger charge is -2.32. The van der Waals surface area contributed by atoms with E-state index in [9.17, 15) is 4.79 Å². The van der Waals surface area contributed by atoms with Gasteiger partial charge in [-0.15, -0.1) is 0 Å². The summed E-state index contributed by atoms with van der Waals surface area (Å²) in [5, 5.41) is 0. The first kappa shape index (κ1) is 12.9. The molecule has 1 amide bonds. The van der Waals surface area contributed by atoms with Gasteiger partial charge in [0, 0.05) is 18.9 Å². The van der Waals surface area contributed by atoms with E-state index in [1.165, 1.54) is 0 Å². The van der Waals surface area contributed by atoms with Crippen LogP contribution in [0.3, 0.4) is 0 Å². The van der Waals surface area contributed by atoms with Gasteiger partial charge in [-0.25, -0.2) is 0 Å². The first-order chi connectivity index (χ1) is 8.58. The Hall–Kier alpha value is -1.53. The van der Waals surface area contributed by atoms with E-state index in [0.29, 0.717) is 25.3 Å². The number of pyridine rings is 1. The number of morpholine rings is 1. The summed E-state index contributed by atoms with van der Waals surface area (Å²) < 4.78 is 5.40. The molecular weight excluding hydrogens is 250 g/mol. The van der Waals surface area contributed by atoms with E-state index in [4.69, 9.17) is 22.7 Å². The van der Waals surface area contributed by atoms with E-state index >= 15 is 0 Å². The van der Waals surface area contributed by atoms with Crippen molar-refractivity contribution in [2.24, 2.45) is 5.73 Å². The van der Waals surface area contributed by atoms with Crippen LogP contribution in [0.5, 0.6) is 0 Å². The molecule has 1 aromatic heterocycles. The first-order valence-corrected chi connectivity index (χ1v) is 6.10. The molecule has 0 spiro atoms. The average Bonchev–Trinajstić information content (AvgIpc) is 2.38. The first-order valence-electron chi connectivity index (χ1n) is 5.70. The van der Waals surface area contributed by atoms with Crippen molar-refractivity contribution in [1.29, 1.82) is 0 Å². The highest BCUT2D eigenvalue weighted by Crippen LogP contribution is 2.11. The van der Waals surface area contributed by atoms with Crippen molar-refractivity contribution in [2.75, 3.05) is 19.7 Å². The summed E-state index contributed by atoms with van der Waals surface area (Å²) >= 11 is 4.89. The van der Waals surface area contributed by atoms with Crippen LogP contribution >= 0.6 is 12.2 Å². The minimum absolute atomic E-state index is 0.0595. The predicted molar refractivity (Wildman–Crippen MR) is 71.4 cm³/mol. The molecule has 0 aromatic carbocycles. The average molecular weight is 265 g/mol. The number of nitrogens with zero attached hydrogens (tertiary/aromatic N) is 2. The molecule has 96 valence electrons. The standard InChI is InChI=1S/C12H15N3O2S/c1-8-4-9(6-14-5-8)12(16)15-2-3-17-10(7-15)11(13)18/h4-6,10H,2-3,7H2,1H3,(H2,13,18). The number of hydrogen-bond donors (Lipinski definition) is 1. The largest absolute Gasteiger partial charge is 0.391 e. The summed E-state index contributed by atoms with van der Waals surface area (Å²) in [5.74, 6) is -0.0595. The summed E-state index contributed by atoms with van der Waals surface area (Å²) in [6, 6.07) is 1.82. The van der Waals surface area contributed by atoms with Crippen LogP contribution in [0, 0.1) is 6.92 Å². The number of ether oxygens (including phenoxy) is 1. The maximum Gasteiger partial charge on any atom is 0.255 e. The molecule has 1 atom stereocenters. The SMILES string of the molecule is Cc1cncc(C(=O)N2CCOC(C(N)=S)C2)c1. The fraction of sp³-hybridized carbons (Fsp3) is 0.417. The zero-order valence-corrected chi connectivity index (χ0v) is 10.9. The van der Waals surface area contributed by atoms with E-state index < -0.39 is 0 Å². The molecular formula is C12H15N3O2S. The summed E-state index contributed by atoms with van der Waals surface area (Å²) in [6.45, 7) is 3.31. The minimum Gasteiger partial charge on any atom is -0.391 e. The van der Waals surface area contributed by atoms with Gasteiger partial charge in [0.05, 0.1) is 18.7 Å². The van der Waals surface area contributed by atoms with Crippen molar-refractivity contribution in [3.63, 3.8) is 0 Å². The second-order valence-corrected chi connectivity index (χ2v) is 4.74. The maximum absolute atomic E-state index is 12.3. The van der Waals surface area contributed by atoms with Crippen LogP contribution in [0.2, 0.25) is 0 Å². The van der Waals surface area contributed by atoms with E-state index in [1.807, 2.05) is 13.0 Å². The number of rotatable bonds is 2. The Morgan fingerprint density at radius 2 is 2.39 bits per heavy atom. The highest BCUT2D eigenvalue weighted by Gasteiger charge is 2.26. The third kappa shape index (κ3) is 2.83. The van der Waals surface area contributed by atoms with Gasteiger partial charge >= 0.3 is 0 Å². The Bertz CT molecular complexity index is 478. The summed E-state index contributed by atoms with van der Waals surface area (Å²) in [7, 11) is 0. The van der Waals surface area contributed by atoms with Crippen molar-refractivity contribution < 1.29 is 9.53 Å². The number of carbonyl (C=O) groups excluding carboxylic acids is 1. The van der Waals surface area contributed by atoms with E-state index in [-0.39, 0.29) is 17.0 Å². The number of carbonyl (C=O) groups is 1. The molecule has 0 radical (unpaired) electrons. The van der Waals surface area contributed by atoms with Gasteiger partial charge < -0.3 is 15.4 Å². The zero-order chi connectivity index (χ0) is 13.1. The normalized spacial score (nSPS) is 19.6. The van der Waals surface area contributed by atoms with E-state index in [0.717, 1.165) is 5.56 Å². The summed E-state index contributed by atoms with van der Waals surface area (Å²) in [4.78, 5) is 18.3. The Balaban J connectivity index is 2.11. The van der Waals surface area contributed by atoms with Crippen molar-refractivity contribution >= 4 is 23.1 Å². The molecule has 1 aliphatic heterocycles. The number of aromatic nitrogens is 1. The van der Waals surface area contributed by atoms with Gasteiger partial charge in [-0.1, -0.05) is 12.2 Å². The Morgan fingerprint density at radius 1 is 1.61 bits per heavy atom. The molecule has 0 bridgehead atoms. The van der Waals surface area contributed by atoms with Crippen LogP contribution in [0.25, 0.3) is 0 Å². The predicted octanol–water partition coefficient (Wildman–Crippen LogP) is 0.517. The number of thiocarbonyl (C=S) groups is 1. The van der Waals surface area contributed by atoms with Gasteiger partial charge in [0.15, 0.2) is 0 Å². The summed E-state index contributed by atoms with van der Waals surface area (Å²) in [5.41, 5.74) is 7.09. The maximum atomic E-state index is 12.3. The molecule has 1 aromatic rings. The molecule has 2 heterocycles. The highest BCUT2D eigenvalue weighted by atomic mass is 32.1. The molecule has 1 unspecified atom stereocenters. The number of aryl methyl sites for hydroxylation is 1. The quantitative estimate of drug-likeness (QED) is 0.789. The topological polar surface area (TPSA) is 68.5 Å². The Labute approximate surface area is 111 Å². The van der Waals surface area contributed by atoms with Crippen LogP contribution in [0.15, 0.2) is 18.5 Å². The second kappa shape index (κ2) is 5.41. The van der Waals surface area contributed by atoms with Gasteiger partial charge in [0.2, 0.25) is 0 Å². The van der Waals surface area contributed by atoms with Crippen molar-refractivity contribution in [3.8, 4) is 0 Å². The molecule has 1 saturated heterocycles. The third-order valence-corrected chi connectivity index (χ3v) is 3.06. The molecule has 1 fully saturated rings. The van der Waals surface area contributed by atoms with Gasteiger partial charge in [0.25, 0.3) is 5.91 Å². The lowest BCUT2D eigenvalue weighted by atomic mass is 10.2. The molecule has 2 rings (SSSR count). The molecule has 18 heavy (non-hydrogen) atoms. The summed E-state index contributed by atoms with van der Waals surface area (Å²) in [6.07, 6.45) is 2.93. The fourth-order valence-electron chi connectivity index (χ4n) is 1.86. The molecule has 6 heteroatoms. The smallest absolute Gasteiger partial charge is 0.255 e. The highest BCUT2D eigenvalue weighted by molar-refractivity contribution is 7.80. The monoisotopic (exact) mass is 265 g/mol. The van der Waals surface area contributed by atoms with Crippen LogP contribution in [-0.2, 0) is 4.74 Å². The molecule has 0 aliphatic carbocycles. The molecule has 2 N–H and O–H groups in total. The van der Waals surface area contributed by atoms with Crippen LogP contribution in [-0.4, -0.2) is 46.6 Å². The van der Waals surface area contributed by atoms with E-state index in [1.54, 1.807) is 17.3 Å². The minimum atomic E-state index is -0.351. The van der Waals surface area contributed by atoms with Crippen molar-refractivity contribution in [2.45, 2.75) is 13.0 Å². The van der Waals surface area contributed by atoms with Gasteiger partial charge in [0.1, 0.15) is 11.1 Å².